The van der Waals surface area contributed by atoms with Gasteiger partial charge in [-0.15, -0.1) is 0 Å². The van der Waals surface area contributed by atoms with Crippen molar-refractivity contribution in [3.8, 4) is 0 Å². The van der Waals surface area contributed by atoms with E-state index in [-0.39, 0.29) is 12.3 Å². The smallest absolute Gasteiger partial charge is 0.216 e. The third-order valence-corrected chi connectivity index (χ3v) is 3.91. The summed E-state index contributed by atoms with van der Waals surface area (Å²) >= 11 is 0. The monoisotopic (exact) mass is 292 g/mol. The van der Waals surface area contributed by atoms with E-state index in [9.17, 15) is 8.42 Å². The summed E-state index contributed by atoms with van der Waals surface area (Å²) in [5.41, 5.74) is 8.18. The van der Waals surface area contributed by atoms with E-state index in [1.807, 2.05) is 6.92 Å². The van der Waals surface area contributed by atoms with E-state index in [0.29, 0.717) is 16.9 Å². The maximum absolute atomic E-state index is 12.0. The first-order valence-electron chi connectivity index (χ1n) is 6.04. The summed E-state index contributed by atoms with van der Waals surface area (Å²) < 4.78 is 26.4. The molecule has 0 radical (unpaired) electrons. The van der Waals surface area contributed by atoms with E-state index in [0.717, 1.165) is 5.69 Å². The number of aryl methyl sites for hydroxylation is 1. The van der Waals surface area contributed by atoms with Gasteiger partial charge in [-0.1, -0.05) is 12.1 Å². The lowest BCUT2D eigenvalue weighted by molar-refractivity contribution is 0.579. The number of rotatable bonds is 5. The Morgan fingerprint density at radius 3 is 2.70 bits per heavy atom. The van der Waals surface area contributed by atoms with Crippen molar-refractivity contribution < 1.29 is 8.42 Å². The molecule has 0 saturated heterocycles. The van der Waals surface area contributed by atoms with Crippen LogP contribution in [0.5, 0.6) is 0 Å². The Bertz CT molecular complexity index is 684. The second-order valence-electron chi connectivity index (χ2n) is 4.47. The molecule has 0 aliphatic rings. The van der Waals surface area contributed by atoms with E-state index in [1.165, 1.54) is 0 Å². The van der Waals surface area contributed by atoms with Gasteiger partial charge >= 0.3 is 0 Å². The van der Waals surface area contributed by atoms with Crippen molar-refractivity contribution in [3.63, 3.8) is 0 Å². The van der Waals surface area contributed by atoms with Crippen LogP contribution in [0.1, 0.15) is 17.0 Å². The fourth-order valence-corrected chi connectivity index (χ4v) is 2.74. The van der Waals surface area contributed by atoms with E-state index < -0.39 is 10.0 Å². The predicted octanol–water partition coefficient (Wildman–Crippen LogP) is 0.987. The van der Waals surface area contributed by atoms with Crippen LogP contribution in [0, 0.1) is 6.92 Å². The van der Waals surface area contributed by atoms with Crippen molar-refractivity contribution in [1.82, 2.24) is 14.7 Å². The second-order valence-corrected chi connectivity index (χ2v) is 6.28. The van der Waals surface area contributed by atoms with Crippen molar-refractivity contribution >= 4 is 15.7 Å². The molecule has 2 aromatic rings. The number of anilines is 1. The molecule has 6 nitrogen and oxygen atoms in total. The Morgan fingerprint density at radius 1 is 1.25 bits per heavy atom. The number of benzene rings is 1. The van der Waals surface area contributed by atoms with Crippen LogP contribution in [-0.4, -0.2) is 18.4 Å². The SMILES string of the molecule is Cc1cnc(CNS(=O)(=O)Cc2cccc(N)c2)cn1. The highest BCUT2D eigenvalue weighted by molar-refractivity contribution is 7.88. The molecule has 0 atom stereocenters. The molecule has 1 heterocycles. The van der Waals surface area contributed by atoms with Crippen LogP contribution in [0.25, 0.3) is 0 Å². The van der Waals surface area contributed by atoms with E-state index >= 15 is 0 Å². The Labute approximate surface area is 118 Å². The molecular weight excluding hydrogens is 276 g/mol. The first-order valence-corrected chi connectivity index (χ1v) is 7.69. The van der Waals surface area contributed by atoms with Crippen molar-refractivity contribution in [2.45, 2.75) is 19.2 Å². The lowest BCUT2D eigenvalue weighted by atomic mass is 10.2. The maximum Gasteiger partial charge on any atom is 0.216 e. The minimum atomic E-state index is -3.43. The summed E-state index contributed by atoms with van der Waals surface area (Å²) in [4.78, 5) is 8.15. The first kappa shape index (κ1) is 14.4. The summed E-state index contributed by atoms with van der Waals surface area (Å²) in [5, 5.41) is 0. The minimum Gasteiger partial charge on any atom is -0.399 e. The molecule has 0 aliphatic heterocycles. The van der Waals surface area contributed by atoms with Crippen LogP contribution in [-0.2, 0) is 22.3 Å². The van der Waals surface area contributed by atoms with Gasteiger partial charge in [0.2, 0.25) is 10.0 Å². The number of hydrogen-bond donors (Lipinski definition) is 2. The molecule has 1 aromatic heterocycles. The molecule has 0 fully saturated rings. The lowest BCUT2D eigenvalue weighted by Gasteiger charge is -2.07. The standard InChI is InChI=1S/C13H16N4O2S/c1-10-6-16-13(7-15-10)8-17-20(18,19)9-11-3-2-4-12(14)5-11/h2-7,17H,8-9,14H2,1H3. The van der Waals surface area contributed by atoms with Crippen molar-refractivity contribution in [2.24, 2.45) is 0 Å². The molecule has 106 valence electrons. The number of nitrogens with zero attached hydrogens (tertiary/aromatic N) is 2. The topological polar surface area (TPSA) is 98.0 Å². The quantitative estimate of drug-likeness (QED) is 0.801. The number of sulfonamides is 1. The molecule has 1 aromatic carbocycles. The fourth-order valence-electron chi connectivity index (χ4n) is 1.65. The zero-order valence-electron chi connectivity index (χ0n) is 11.1. The third-order valence-electron chi connectivity index (χ3n) is 2.62. The molecule has 3 N–H and O–H groups in total. The summed E-state index contributed by atoms with van der Waals surface area (Å²) in [5.74, 6) is -0.114. The molecule has 0 amide bonds. The predicted molar refractivity (Wildman–Crippen MR) is 77.1 cm³/mol. The molecule has 0 spiro atoms. The Hall–Kier alpha value is -1.99. The highest BCUT2D eigenvalue weighted by Crippen LogP contribution is 2.10. The normalized spacial score (nSPS) is 11.4. The molecule has 0 bridgehead atoms. The van der Waals surface area contributed by atoms with E-state index in [2.05, 4.69) is 14.7 Å². The van der Waals surface area contributed by atoms with Gasteiger partial charge in [0.25, 0.3) is 0 Å². The molecule has 0 saturated carbocycles. The Balaban J connectivity index is 1.99. The Morgan fingerprint density at radius 2 is 2.05 bits per heavy atom. The largest absolute Gasteiger partial charge is 0.399 e. The van der Waals surface area contributed by atoms with E-state index in [4.69, 9.17) is 5.73 Å². The van der Waals surface area contributed by atoms with Crippen LogP contribution < -0.4 is 10.5 Å². The molecule has 20 heavy (non-hydrogen) atoms. The van der Waals surface area contributed by atoms with Gasteiger partial charge in [-0.05, 0) is 24.6 Å². The molecule has 0 aliphatic carbocycles. The fraction of sp³-hybridized carbons (Fsp3) is 0.231. The van der Waals surface area contributed by atoms with Crippen LogP contribution in [0.2, 0.25) is 0 Å². The van der Waals surface area contributed by atoms with Crippen LogP contribution in [0.4, 0.5) is 5.69 Å². The minimum absolute atomic E-state index is 0.114. The van der Waals surface area contributed by atoms with Crippen LogP contribution in [0.15, 0.2) is 36.7 Å². The maximum atomic E-state index is 12.0. The summed E-state index contributed by atoms with van der Waals surface area (Å²) in [6.07, 6.45) is 3.15. The van der Waals surface area contributed by atoms with Crippen LogP contribution in [0.3, 0.4) is 0 Å². The zero-order valence-corrected chi connectivity index (χ0v) is 11.9. The van der Waals surface area contributed by atoms with Gasteiger partial charge in [0.15, 0.2) is 0 Å². The summed E-state index contributed by atoms with van der Waals surface area (Å²) in [7, 11) is -3.43. The summed E-state index contributed by atoms with van der Waals surface area (Å²) in [6, 6.07) is 6.81. The number of aromatic nitrogens is 2. The second kappa shape index (κ2) is 5.98. The summed E-state index contributed by atoms with van der Waals surface area (Å²) in [6.45, 7) is 1.94. The van der Waals surface area contributed by atoms with Gasteiger partial charge in [-0.2, -0.15) is 0 Å². The molecule has 0 unspecified atom stereocenters. The molecular formula is C13H16N4O2S. The third kappa shape index (κ3) is 4.29. The lowest BCUT2D eigenvalue weighted by Crippen LogP contribution is -2.25. The van der Waals surface area contributed by atoms with Gasteiger partial charge in [0.05, 0.1) is 29.9 Å². The Kier molecular flexibility index (Phi) is 4.31. The highest BCUT2D eigenvalue weighted by Gasteiger charge is 2.11. The van der Waals surface area contributed by atoms with Crippen molar-refractivity contribution in [3.05, 3.63) is 53.6 Å². The average Bonchev–Trinajstić information content (AvgIpc) is 2.37. The molecule has 7 heteroatoms. The van der Waals surface area contributed by atoms with Crippen molar-refractivity contribution in [2.75, 3.05) is 5.73 Å². The number of nitrogen functional groups attached to an aromatic ring is 1. The molecule has 2 rings (SSSR count). The van der Waals surface area contributed by atoms with Gasteiger partial charge in [-0.25, -0.2) is 13.1 Å². The number of nitrogens with two attached hydrogens (primary N) is 1. The highest BCUT2D eigenvalue weighted by atomic mass is 32.2. The van der Waals surface area contributed by atoms with Gasteiger partial charge < -0.3 is 5.73 Å². The number of hydrogen-bond acceptors (Lipinski definition) is 5. The van der Waals surface area contributed by atoms with Gasteiger partial charge in [0.1, 0.15) is 0 Å². The average molecular weight is 292 g/mol. The first-order chi connectivity index (χ1) is 9.44. The van der Waals surface area contributed by atoms with Crippen molar-refractivity contribution in [1.29, 1.82) is 0 Å². The number of nitrogens with one attached hydrogen (secondary N) is 1. The van der Waals surface area contributed by atoms with Crippen LogP contribution >= 0.6 is 0 Å². The zero-order chi connectivity index (χ0) is 14.6. The van der Waals surface area contributed by atoms with Gasteiger partial charge in [0, 0.05) is 11.9 Å². The van der Waals surface area contributed by atoms with Gasteiger partial charge in [-0.3, -0.25) is 9.97 Å². The van der Waals surface area contributed by atoms with E-state index in [1.54, 1.807) is 36.7 Å².